The van der Waals surface area contributed by atoms with Gasteiger partial charge in [-0.2, -0.15) is 13.2 Å². The van der Waals surface area contributed by atoms with Crippen LogP contribution in [0.5, 0.6) is 0 Å². The van der Waals surface area contributed by atoms with Crippen LogP contribution in [0.4, 0.5) is 22.7 Å². The van der Waals surface area contributed by atoms with Crippen molar-refractivity contribution in [1.82, 2.24) is 9.88 Å². The van der Waals surface area contributed by atoms with Crippen molar-refractivity contribution in [3.8, 4) is 11.3 Å². The van der Waals surface area contributed by atoms with E-state index in [2.05, 4.69) is 29.0 Å². The van der Waals surface area contributed by atoms with E-state index in [1.807, 2.05) is 0 Å². The summed E-state index contributed by atoms with van der Waals surface area (Å²) in [5.41, 5.74) is -0.745. The van der Waals surface area contributed by atoms with E-state index >= 15 is 0 Å². The fraction of sp³-hybridized carbons (Fsp3) is 0.474. The molecule has 152 valence electrons. The lowest BCUT2D eigenvalue weighted by molar-refractivity contribution is -0.137. The minimum atomic E-state index is -4.66. The van der Waals surface area contributed by atoms with Gasteiger partial charge in [-0.1, -0.05) is 11.3 Å². The molecule has 4 nitrogen and oxygen atoms in total. The molecule has 9 heteroatoms. The van der Waals surface area contributed by atoms with E-state index in [0.29, 0.717) is 29.6 Å². The zero-order valence-corrected chi connectivity index (χ0v) is 16.5. The molecule has 1 fully saturated rings. The van der Waals surface area contributed by atoms with E-state index in [9.17, 15) is 22.4 Å². The fourth-order valence-corrected chi connectivity index (χ4v) is 4.54. The Morgan fingerprint density at radius 3 is 2.46 bits per heavy atom. The molecule has 1 aromatic heterocycles. The Bertz CT molecular complexity index is 871. The summed E-state index contributed by atoms with van der Waals surface area (Å²) in [6, 6.07) is 3.06. The Morgan fingerprint density at radius 2 is 1.89 bits per heavy atom. The molecule has 1 aromatic carbocycles. The molecule has 1 aliphatic rings. The van der Waals surface area contributed by atoms with Crippen molar-refractivity contribution in [3.05, 3.63) is 34.5 Å². The lowest BCUT2D eigenvalue weighted by Gasteiger charge is -2.25. The van der Waals surface area contributed by atoms with Gasteiger partial charge in [0, 0.05) is 36.0 Å². The normalized spacial score (nSPS) is 20.5. The minimum Gasteiger partial charge on any atom is -0.302 e. The summed E-state index contributed by atoms with van der Waals surface area (Å²) in [6.07, 6.45) is -2.59. The molecule has 3 rings (SSSR count). The van der Waals surface area contributed by atoms with Crippen molar-refractivity contribution in [2.24, 2.45) is 0 Å². The van der Waals surface area contributed by atoms with Gasteiger partial charge in [-0.3, -0.25) is 9.69 Å². The quantitative estimate of drug-likeness (QED) is 0.690. The van der Waals surface area contributed by atoms with Crippen molar-refractivity contribution in [3.63, 3.8) is 0 Å². The van der Waals surface area contributed by atoms with Crippen LogP contribution in [0.3, 0.4) is 0 Å². The first kappa shape index (κ1) is 20.7. The summed E-state index contributed by atoms with van der Waals surface area (Å²) >= 11 is 1.20. The number of carbonyl (C=O) groups is 1. The number of carbonyl (C=O) groups excluding carboxylic acids is 1. The maximum absolute atomic E-state index is 13.9. The van der Waals surface area contributed by atoms with Gasteiger partial charge in [-0.25, -0.2) is 9.37 Å². The van der Waals surface area contributed by atoms with Crippen LogP contribution in [0.2, 0.25) is 0 Å². The molecule has 0 bridgehead atoms. The van der Waals surface area contributed by atoms with Crippen molar-refractivity contribution in [1.29, 1.82) is 0 Å². The molecule has 2 aromatic rings. The predicted octanol–water partition coefficient (Wildman–Crippen LogP) is 5.30. The summed E-state index contributed by atoms with van der Waals surface area (Å²) < 4.78 is 53.3. The number of anilines is 1. The highest BCUT2D eigenvalue weighted by Crippen LogP contribution is 2.38. The van der Waals surface area contributed by atoms with Gasteiger partial charge in [0.1, 0.15) is 5.82 Å². The van der Waals surface area contributed by atoms with E-state index in [1.54, 1.807) is 0 Å². The maximum Gasteiger partial charge on any atom is 0.416 e. The zero-order valence-electron chi connectivity index (χ0n) is 15.7. The number of nitrogens with zero attached hydrogens (tertiary/aromatic N) is 2. The van der Waals surface area contributed by atoms with Crippen molar-refractivity contribution >= 4 is 22.4 Å². The number of halogens is 4. The van der Waals surface area contributed by atoms with Gasteiger partial charge >= 0.3 is 6.18 Å². The third-order valence-corrected chi connectivity index (χ3v) is 5.90. The number of nitrogens with one attached hydrogen (secondary N) is 1. The molecule has 0 unspecified atom stereocenters. The fourth-order valence-electron chi connectivity index (χ4n) is 3.50. The first-order valence-electron chi connectivity index (χ1n) is 8.95. The van der Waals surface area contributed by atoms with E-state index in [-0.39, 0.29) is 22.3 Å². The average molecular weight is 415 g/mol. The summed E-state index contributed by atoms with van der Waals surface area (Å²) in [6.45, 7) is 6.01. The molecule has 1 N–H and O–H groups in total. The van der Waals surface area contributed by atoms with E-state index in [4.69, 9.17) is 0 Å². The van der Waals surface area contributed by atoms with Gasteiger partial charge in [0.05, 0.1) is 11.3 Å². The zero-order chi connectivity index (χ0) is 20.6. The number of aromatic nitrogens is 1. The number of rotatable bonds is 4. The topological polar surface area (TPSA) is 45.2 Å². The number of hydrogen-bond donors (Lipinski definition) is 1. The summed E-state index contributed by atoms with van der Waals surface area (Å²) in [7, 11) is 0. The predicted molar refractivity (Wildman–Crippen MR) is 101 cm³/mol. The largest absolute Gasteiger partial charge is 0.416 e. The second-order valence-corrected chi connectivity index (χ2v) is 8.23. The molecule has 0 saturated carbocycles. The Morgan fingerprint density at radius 1 is 1.25 bits per heavy atom. The van der Waals surface area contributed by atoms with Crippen LogP contribution in [-0.4, -0.2) is 27.9 Å². The standard InChI is InChI=1S/C19H21F4N3OS/c1-10-4-5-11(2)26(10)9-16-17(25-18(28-16)24-12(3)27)13-6-14(19(21,22)23)8-15(20)7-13/h6-8,10-11H,4-5,9H2,1-3H3,(H,24,25,27)/t10-,11-/m1/s1. The molecule has 0 aliphatic carbocycles. The molecule has 0 spiro atoms. The summed E-state index contributed by atoms with van der Waals surface area (Å²) in [5, 5.41) is 2.86. The van der Waals surface area contributed by atoms with Gasteiger partial charge in [0.25, 0.3) is 0 Å². The lowest BCUT2D eigenvalue weighted by atomic mass is 10.1. The van der Waals surface area contributed by atoms with Crippen LogP contribution in [0.1, 0.15) is 44.1 Å². The first-order valence-corrected chi connectivity index (χ1v) is 9.77. The van der Waals surface area contributed by atoms with Crippen molar-refractivity contribution in [2.45, 2.75) is 58.4 Å². The highest BCUT2D eigenvalue weighted by molar-refractivity contribution is 7.16. The average Bonchev–Trinajstić information content (AvgIpc) is 3.11. The first-order chi connectivity index (χ1) is 13.0. The lowest BCUT2D eigenvalue weighted by Crippen LogP contribution is -2.31. The molecule has 1 saturated heterocycles. The van der Waals surface area contributed by atoms with Crippen LogP contribution < -0.4 is 5.32 Å². The Balaban J connectivity index is 2.05. The Kier molecular flexibility index (Phi) is 5.77. The van der Waals surface area contributed by atoms with E-state index in [0.717, 1.165) is 25.0 Å². The van der Waals surface area contributed by atoms with Crippen LogP contribution in [-0.2, 0) is 17.5 Å². The third-order valence-electron chi connectivity index (χ3n) is 4.94. The smallest absolute Gasteiger partial charge is 0.302 e. The number of amides is 1. The van der Waals surface area contributed by atoms with Gasteiger partial charge in [0.15, 0.2) is 5.13 Å². The number of alkyl halides is 3. The molecule has 2 heterocycles. The Labute approximate surface area is 164 Å². The Hall–Kier alpha value is -2.00. The van der Waals surface area contributed by atoms with Gasteiger partial charge < -0.3 is 5.32 Å². The molecule has 0 radical (unpaired) electrons. The summed E-state index contributed by atoms with van der Waals surface area (Å²) in [4.78, 5) is 18.6. The molecule has 1 amide bonds. The van der Waals surface area contributed by atoms with Crippen LogP contribution >= 0.6 is 11.3 Å². The SMILES string of the molecule is CC(=O)Nc1nc(-c2cc(F)cc(C(F)(F)F)c2)c(CN2[C@H](C)CC[C@H]2C)s1. The van der Waals surface area contributed by atoms with Gasteiger partial charge in [-0.15, -0.1) is 0 Å². The third kappa shape index (κ3) is 4.52. The van der Waals surface area contributed by atoms with E-state index < -0.39 is 17.6 Å². The van der Waals surface area contributed by atoms with E-state index in [1.165, 1.54) is 18.3 Å². The molecule has 28 heavy (non-hydrogen) atoms. The summed E-state index contributed by atoms with van der Waals surface area (Å²) in [5.74, 6) is -1.31. The van der Waals surface area contributed by atoms with Crippen LogP contribution in [0, 0.1) is 5.82 Å². The monoisotopic (exact) mass is 415 g/mol. The number of hydrogen-bond acceptors (Lipinski definition) is 4. The van der Waals surface area contributed by atoms with Crippen LogP contribution in [0.25, 0.3) is 11.3 Å². The van der Waals surface area contributed by atoms with Crippen LogP contribution in [0.15, 0.2) is 18.2 Å². The molecular formula is C19H21F4N3OS. The van der Waals surface area contributed by atoms with Gasteiger partial charge in [-0.05, 0) is 44.9 Å². The highest BCUT2D eigenvalue weighted by atomic mass is 32.1. The number of likely N-dealkylation sites (tertiary alicyclic amines) is 1. The van der Waals surface area contributed by atoms with Crippen molar-refractivity contribution in [2.75, 3.05) is 5.32 Å². The molecule has 2 atom stereocenters. The highest BCUT2D eigenvalue weighted by Gasteiger charge is 2.33. The molecular weight excluding hydrogens is 394 g/mol. The maximum atomic E-state index is 13.9. The number of thiazole rings is 1. The van der Waals surface area contributed by atoms with Gasteiger partial charge in [0.2, 0.25) is 5.91 Å². The second-order valence-electron chi connectivity index (χ2n) is 7.15. The minimum absolute atomic E-state index is 0.0506. The second kappa shape index (κ2) is 7.79. The van der Waals surface area contributed by atoms with Crippen molar-refractivity contribution < 1.29 is 22.4 Å². The molecule has 1 aliphatic heterocycles. The number of benzene rings is 1.